The third kappa shape index (κ3) is 6.91. The summed E-state index contributed by atoms with van der Waals surface area (Å²) in [5.74, 6) is -0.383. The van der Waals surface area contributed by atoms with Crippen molar-refractivity contribution in [2.75, 3.05) is 6.54 Å². The molecule has 0 spiro atoms. The van der Waals surface area contributed by atoms with Gasteiger partial charge in [0.05, 0.1) is 4.90 Å². The SMILES string of the molecule is Cc1ccc(S(=O)(=O)NCCC(=O)NNC(=S)NCc2ccccc2)cc1C. The molecule has 0 radical (unpaired) electrons. The lowest BCUT2D eigenvalue weighted by Crippen LogP contribution is -2.47. The number of nitrogens with one attached hydrogen (secondary N) is 4. The lowest BCUT2D eigenvalue weighted by atomic mass is 10.1. The summed E-state index contributed by atoms with van der Waals surface area (Å²) >= 11 is 5.08. The van der Waals surface area contributed by atoms with Crippen LogP contribution in [0.25, 0.3) is 0 Å². The monoisotopic (exact) mass is 420 g/mol. The van der Waals surface area contributed by atoms with E-state index in [0.29, 0.717) is 6.54 Å². The molecule has 2 aromatic rings. The molecule has 28 heavy (non-hydrogen) atoms. The van der Waals surface area contributed by atoms with Gasteiger partial charge < -0.3 is 5.32 Å². The van der Waals surface area contributed by atoms with Gasteiger partial charge in [-0.2, -0.15) is 0 Å². The molecule has 0 aromatic heterocycles. The Kier molecular flexibility index (Phi) is 7.91. The number of hydrogen-bond donors (Lipinski definition) is 4. The van der Waals surface area contributed by atoms with Gasteiger partial charge in [0.1, 0.15) is 0 Å². The largest absolute Gasteiger partial charge is 0.357 e. The molecule has 0 saturated carbocycles. The van der Waals surface area contributed by atoms with Crippen LogP contribution in [-0.2, 0) is 21.4 Å². The minimum absolute atomic E-state index is 0.0209. The zero-order chi connectivity index (χ0) is 20.6. The fourth-order valence-corrected chi connectivity index (χ4v) is 3.51. The summed E-state index contributed by atoms with van der Waals surface area (Å²) in [6.07, 6.45) is -0.0294. The predicted octanol–water partition coefficient (Wildman–Crippen LogP) is 1.67. The molecule has 0 aliphatic carbocycles. The van der Waals surface area contributed by atoms with Crippen molar-refractivity contribution in [2.45, 2.75) is 31.7 Å². The fraction of sp³-hybridized carbons (Fsp3) is 0.263. The molecule has 0 saturated heterocycles. The zero-order valence-electron chi connectivity index (χ0n) is 15.8. The maximum atomic E-state index is 12.3. The molecule has 2 rings (SSSR count). The Labute approximate surface area is 170 Å². The van der Waals surface area contributed by atoms with Gasteiger partial charge in [0.15, 0.2) is 5.11 Å². The van der Waals surface area contributed by atoms with E-state index in [9.17, 15) is 13.2 Å². The summed E-state index contributed by atoms with van der Waals surface area (Å²) in [6, 6.07) is 14.6. The summed E-state index contributed by atoms with van der Waals surface area (Å²) in [5.41, 5.74) is 7.98. The number of hydrazine groups is 1. The summed E-state index contributed by atoms with van der Waals surface area (Å²) in [7, 11) is -3.65. The van der Waals surface area contributed by atoms with E-state index >= 15 is 0 Å². The smallest absolute Gasteiger partial charge is 0.240 e. The maximum absolute atomic E-state index is 12.3. The van der Waals surface area contributed by atoms with Gasteiger partial charge in [0.25, 0.3) is 0 Å². The molecule has 0 fully saturated rings. The van der Waals surface area contributed by atoms with Crippen molar-refractivity contribution >= 4 is 33.3 Å². The number of rotatable bonds is 7. The van der Waals surface area contributed by atoms with Crippen LogP contribution in [0.5, 0.6) is 0 Å². The second-order valence-electron chi connectivity index (χ2n) is 6.24. The number of carbonyl (C=O) groups excluding carboxylic acids is 1. The van der Waals surface area contributed by atoms with Crippen LogP contribution < -0.4 is 20.9 Å². The van der Waals surface area contributed by atoms with E-state index in [-0.39, 0.29) is 28.9 Å². The number of hydrogen-bond acceptors (Lipinski definition) is 4. The second kappa shape index (κ2) is 10.2. The molecular weight excluding hydrogens is 396 g/mol. The molecule has 0 heterocycles. The highest BCUT2D eigenvalue weighted by Crippen LogP contribution is 2.14. The second-order valence-corrected chi connectivity index (χ2v) is 8.41. The highest BCUT2D eigenvalue weighted by Gasteiger charge is 2.14. The van der Waals surface area contributed by atoms with Crippen LogP contribution in [0.3, 0.4) is 0 Å². The molecule has 0 unspecified atom stereocenters. The minimum atomic E-state index is -3.65. The number of amides is 1. The van der Waals surface area contributed by atoms with Crippen LogP contribution in [-0.4, -0.2) is 26.0 Å². The van der Waals surface area contributed by atoms with Gasteiger partial charge in [0, 0.05) is 19.5 Å². The van der Waals surface area contributed by atoms with Crippen molar-refractivity contribution in [1.29, 1.82) is 0 Å². The van der Waals surface area contributed by atoms with Crippen LogP contribution in [0.15, 0.2) is 53.4 Å². The molecule has 4 N–H and O–H groups in total. The molecule has 7 nitrogen and oxygen atoms in total. The lowest BCUT2D eigenvalue weighted by Gasteiger charge is -2.12. The average molecular weight is 421 g/mol. The van der Waals surface area contributed by atoms with E-state index in [1.165, 1.54) is 0 Å². The Balaban J connectivity index is 1.70. The van der Waals surface area contributed by atoms with E-state index in [0.717, 1.165) is 16.7 Å². The summed E-state index contributed by atoms with van der Waals surface area (Å²) < 4.78 is 27.0. The number of thiocarbonyl (C=S) groups is 1. The van der Waals surface area contributed by atoms with E-state index in [1.807, 2.05) is 44.2 Å². The van der Waals surface area contributed by atoms with Gasteiger partial charge in [-0.15, -0.1) is 0 Å². The standard InChI is InChI=1S/C19H24N4O3S2/c1-14-8-9-17(12-15(14)2)28(25,26)21-11-10-18(24)22-23-19(27)20-13-16-6-4-3-5-7-16/h3-9,12,21H,10-11,13H2,1-2H3,(H,22,24)(H2,20,23,27). The Morgan fingerprint density at radius 2 is 1.71 bits per heavy atom. The van der Waals surface area contributed by atoms with Gasteiger partial charge in [0.2, 0.25) is 15.9 Å². The molecular formula is C19H24N4O3S2. The molecule has 1 amide bonds. The van der Waals surface area contributed by atoms with Gasteiger partial charge in [-0.3, -0.25) is 15.6 Å². The molecule has 0 aliphatic heterocycles. The number of sulfonamides is 1. The van der Waals surface area contributed by atoms with Crippen LogP contribution in [0.4, 0.5) is 0 Å². The van der Waals surface area contributed by atoms with Crippen LogP contribution in [0, 0.1) is 13.8 Å². The molecule has 0 aliphatic rings. The van der Waals surface area contributed by atoms with Crippen molar-refractivity contribution in [3.63, 3.8) is 0 Å². The van der Waals surface area contributed by atoms with E-state index in [1.54, 1.807) is 18.2 Å². The highest BCUT2D eigenvalue weighted by atomic mass is 32.2. The molecule has 9 heteroatoms. The van der Waals surface area contributed by atoms with Crippen molar-refractivity contribution in [3.05, 3.63) is 65.2 Å². The first-order valence-electron chi connectivity index (χ1n) is 8.71. The Hall–Kier alpha value is -2.49. The Morgan fingerprint density at radius 3 is 2.39 bits per heavy atom. The van der Waals surface area contributed by atoms with Crippen molar-refractivity contribution < 1.29 is 13.2 Å². The van der Waals surface area contributed by atoms with Crippen molar-refractivity contribution in [3.8, 4) is 0 Å². The van der Waals surface area contributed by atoms with Gasteiger partial charge in [-0.05, 0) is 54.9 Å². The number of carbonyl (C=O) groups is 1. The van der Waals surface area contributed by atoms with Crippen molar-refractivity contribution in [2.24, 2.45) is 0 Å². The Bertz CT molecular complexity index is 931. The first-order chi connectivity index (χ1) is 13.3. The highest BCUT2D eigenvalue weighted by molar-refractivity contribution is 7.89. The van der Waals surface area contributed by atoms with Gasteiger partial charge in [-0.1, -0.05) is 36.4 Å². The lowest BCUT2D eigenvalue weighted by molar-refractivity contribution is -0.121. The van der Waals surface area contributed by atoms with Crippen LogP contribution >= 0.6 is 12.2 Å². The molecule has 150 valence electrons. The maximum Gasteiger partial charge on any atom is 0.240 e. The summed E-state index contributed by atoms with van der Waals surface area (Å²) in [6.45, 7) is 4.27. The van der Waals surface area contributed by atoms with E-state index in [2.05, 4.69) is 20.9 Å². The predicted molar refractivity (Wildman–Crippen MR) is 113 cm³/mol. The topological polar surface area (TPSA) is 99.3 Å². The molecule has 2 aromatic carbocycles. The number of aryl methyl sites for hydroxylation is 2. The van der Waals surface area contributed by atoms with Gasteiger partial charge >= 0.3 is 0 Å². The number of benzene rings is 2. The van der Waals surface area contributed by atoms with E-state index in [4.69, 9.17) is 12.2 Å². The first-order valence-corrected chi connectivity index (χ1v) is 10.6. The summed E-state index contributed by atoms with van der Waals surface area (Å²) in [5, 5.41) is 3.23. The molecule has 0 atom stereocenters. The summed E-state index contributed by atoms with van der Waals surface area (Å²) in [4.78, 5) is 12.0. The van der Waals surface area contributed by atoms with Crippen molar-refractivity contribution in [1.82, 2.24) is 20.9 Å². The third-order valence-electron chi connectivity index (χ3n) is 4.04. The molecule has 0 bridgehead atoms. The zero-order valence-corrected chi connectivity index (χ0v) is 17.4. The minimum Gasteiger partial charge on any atom is -0.357 e. The normalized spacial score (nSPS) is 10.9. The fourth-order valence-electron chi connectivity index (χ4n) is 2.27. The van der Waals surface area contributed by atoms with Crippen LogP contribution in [0.2, 0.25) is 0 Å². The Morgan fingerprint density at radius 1 is 1.00 bits per heavy atom. The van der Waals surface area contributed by atoms with Crippen LogP contribution in [0.1, 0.15) is 23.1 Å². The quantitative estimate of drug-likeness (QED) is 0.402. The first kappa shape index (κ1) is 21.8. The third-order valence-corrected chi connectivity index (χ3v) is 5.75. The van der Waals surface area contributed by atoms with E-state index < -0.39 is 10.0 Å². The van der Waals surface area contributed by atoms with Gasteiger partial charge in [-0.25, -0.2) is 13.1 Å². The average Bonchev–Trinajstić information content (AvgIpc) is 2.67.